The van der Waals surface area contributed by atoms with E-state index in [1.54, 1.807) is 0 Å². The van der Waals surface area contributed by atoms with Crippen LogP contribution in [0.3, 0.4) is 0 Å². The lowest BCUT2D eigenvalue weighted by Gasteiger charge is -2.12. The van der Waals surface area contributed by atoms with Gasteiger partial charge in [0.15, 0.2) is 0 Å². The van der Waals surface area contributed by atoms with Gasteiger partial charge in [-0.2, -0.15) is 0 Å². The molecule has 0 amide bonds. The lowest BCUT2D eigenvalue weighted by Crippen LogP contribution is -2.22. The van der Waals surface area contributed by atoms with E-state index in [-0.39, 0.29) is 0 Å². The topological polar surface area (TPSA) is 32.3 Å². The molecule has 94 valence electrons. The average Bonchev–Trinajstić information content (AvgIpc) is 3.12. The fourth-order valence-electron chi connectivity index (χ4n) is 1.99. The standard InChI is InChI=1S/C14H20BrNO/c15-13-5-1-4-12(9-13)14(17)10-16-8-2-3-11-6-7-11/h1,4-5,9,11,14,16-17H,2-3,6-8,10H2. The summed E-state index contributed by atoms with van der Waals surface area (Å²) in [7, 11) is 0. The largest absolute Gasteiger partial charge is 0.387 e. The molecule has 0 bridgehead atoms. The monoisotopic (exact) mass is 297 g/mol. The van der Waals surface area contributed by atoms with Gasteiger partial charge in [0.05, 0.1) is 6.10 Å². The van der Waals surface area contributed by atoms with E-state index in [0.717, 1.165) is 22.5 Å². The average molecular weight is 298 g/mol. The summed E-state index contributed by atoms with van der Waals surface area (Å²) < 4.78 is 1.02. The fraction of sp³-hybridized carbons (Fsp3) is 0.571. The van der Waals surface area contributed by atoms with Crippen molar-refractivity contribution in [3.63, 3.8) is 0 Å². The molecular formula is C14H20BrNO. The van der Waals surface area contributed by atoms with Crippen LogP contribution in [0.5, 0.6) is 0 Å². The van der Waals surface area contributed by atoms with Gasteiger partial charge in [0, 0.05) is 11.0 Å². The first-order valence-electron chi connectivity index (χ1n) is 6.40. The first-order chi connectivity index (χ1) is 8.25. The van der Waals surface area contributed by atoms with E-state index in [2.05, 4.69) is 21.2 Å². The molecule has 2 nitrogen and oxygen atoms in total. The molecule has 0 aliphatic heterocycles. The molecule has 0 aromatic heterocycles. The molecule has 0 saturated heterocycles. The van der Waals surface area contributed by atoms with E-state index >= 15 is 0 Å². The molecule has 1 atom stereocenters. The predicted molar refractivity (Wildman–Crippen MR) is 73.9 cm³/mol. The van der Waals surface area contributed by atoms with Gasteiger partial charge in [-0.05, 0) is 43.0 Å². The second-order valence-electron chi connectivity index (χ2n) is 4.86. The Bertz CT molecular complexity index is 352. The van der Waals surface area contributed by atoms with E-state index < -0.39 is 6.10 Å². The molecular weight excluding hydrogens is 278 g/mol. The highest BCUT2D eigenvalue weighted by molar-refractivity contribution is 9.10. The minimum Gasteiger partial charge on any atom is -0.387 e. The third-order valence-electron chi connectivity index (χ3n) is 3.23. The summed E-state index contributed by atoms with van der Waals surface area (Å²) in [4.78, 5) is 0. The highest BCUT2D eigenvalue weighted by Gasteiger charge is 2.19. The maximum absolute atomic E-state index is 9.98. The van der Waals surface area contributed by atoms with Gasteiger partial charge in [-0.25, -0.2) is 0 Å². The molecule has 2 rings (SSSR count). The highest BCUT2D eigenvalue weighted by Crippen LogP contribution is 2.33. The van der Waals surface area contributed by atoms with Gasteiger partial charge in [-0.1, -0.05) is 40.9 Å². The third kappa shape index (κ3) is 4.78. The highest BCUT2D eigenvalue weighted by atomic mass is 79.9. The fourth-order valence-corrected chi connectivity index (χ4v) is 2.41. The molecule has 1 aliphatic carbocycles. The molecule has 1 unspecified atom stereocenters. The molecule has 1 aromatic rings. The van der Waals surface area contributed by atoms with Gasteiger partial charge in [-0.3, -0.25) is 0 Å². The molecule has 1 saturated carbocycles. The molecule has 0 radical (unpaired) electrons. The number of aliphatic hydroxyl groups is 1. The second-order valence-corrected chi connectivity index (χ2v) is 5.78. The number of hydrogen-bond acceptors (Lipinski definition) is 2. The van der Waals surface area contributed by atoms with E-state index in [4.69, 9.17) is 0 Å². The van der Waals surface area contributed by atoms with Crippen LogP contribution in [-0.2, 0) is 0 Å². The van der Waals surface area contributed by atoms with Crippen molar-refractivity contribution in [2.45, 2.75) is 31.8 Å². The second kappa shape index (κ2) is 6.53. The lowest BCUT2D eigenvalue weighted by molar-refractivity contribution is 0.174. The van der Waals surface area contributed by atoms with Crippen LogP contribution in [0.1, 0.15) is 37.4 Å². The summed E-state index contributed by atoms with van der Waals surface area (Å²) in [6.45, 7) is 1.66. The summed E-state index contributed by atoms with van der Waals surface area (Å²) in [5.41, 5.74) is 0.967. The van der Waals surface area contributed by atoms with Crippen molar-refractivity contribution < 1.29 is 5.11 Å². The summed E-state index contributed by atoms with van der Waals surface area (Å²) in [5, 5.41) is 13.3. The zero-order valence-electron chi connectivity index (χ0n) is 10.0. The van der Waals surface area contributed by atoms with E-state index in [9.17, 15) is 5.11 Å². The van der Waals surface area contributed by atoms with Crippen molar-refractivity contribution in [2.24, 2.45) is 5.92 Å². The number of nitrogens with one attached hydrogen (secondary N) is 1. The molecule has 1 aromatic carbocycles. The van der Waals surface area contributed by atoms with Gasteiger partial charge in [0.25, 0.3) is 0 Å². The van der Waals surface area contributed by atoms with E-state index in [0.29, 0.717) is 6.54 Å². The number of benzene rings is 1. The van der Waals surface area contributed by atoms with Crippen molar-refractivity contribution in [3.05, 3.63) is 34.3 Å². The predicted octanol–water partition coefficient (Wildman–Crippen LogP) is 3.26. The molecule has 1 fully saturated rings. The molecule has 3 heteroatoms. The van der Waals surface area contributed by atoms with Gasteiger partial charge < -0.3 is 10.4 Å². The van der Waals surface area contributed by atoms with Crippen LogP contribution in [0.2, 0.25) is 0 Å². The summed E-state index contributed by atoms with van der Waals surface area (Å²) in [6, 6.07) is 7.85. The number of aliphatic hydroxyl groups excluding tert-OH is 1. The first kappa shape index (κ1) is 13.1. The van der Waals surface area contributed by atoms with Gasteiger partial charge in [0.2, 0.25) is 0 Å². The van der Waals surface area contributed by atoms with Crippen LogP contribution in [0.4, 0.5) is 0 Å². The van der Waals surface area contributed by atoms with E-state index in [1.807, 2.05) is 24.3 Å². The quantitative estimate of drug-likeness (QED) is 0.757. The Labute approximate surface area is 112 Å². The van der Waals surface area contributed by atoms with Crippen molar-refractivity contribution in [1.29, 1.82) is 0 Å². The van der Waals surface area contributed by atoms with Crippen LogP contribution in [-0.4, -0.2) is 18.2 Å². The lowest BCUT2D eigenvalue weighted by atomic mass is 10.1. The van der Waals surface area contributed by atoms with Crippen molar-refractivity contribution in [2.75, 3.05) is 13.1 Å². The maximum atomic E-state index is 9.98. The van der Waals surface area contributed by atoms with Crippen molar-refractivity contribution >= 4 is 15.9 Å². The zero-order chi connectivity index (χ0) is 12.1. The van der Waals surface area contributed by atoms with Crippen molar-refractivity contribution in [3.8, 4) is 0 Å². The summed E-state index contributed by atoms with van der Waals surface area (Å²) in [5.74, 6) is 1.01. The van der Waals surface area contributed by atoms with Gasteiger partial charge >= 0.3 is 0 Å². The third-order valence-corrected chi connectivity index (χ3v) is 3.73. The van der Waals surface area contributed by atoms with Crippen molar-refractivity contribution in [1.82, 2.24) is 5.32 Å². The first-order valence-corrected chi connectivity index (χ1v) is 7.19. The molecule has 0 heterocycles. The smallest absolute Gasteiger partial charge is 0.0914 e. The SMILES string of the molecule is OC(CNCCCC1CC1)c1cccc(Br)c1. The molecule has 17 heavy (non-hydrogen) atoms. The summed E-state index contributed by atoms with van der Waals surface area (Å²) >= 11 is 3.41. The Hall–Kier alpha value is -0.380. The molecule has 0 spiro atoms. The van der Waals surface area contributed by atoms with Crippen LogP contribution in [0.25, 0.3) is 0 Å². The molecule has 2 N–H and O–H groups in total. The van der Waals surface area contributed by atoms with Crippen LogP contribution < -0.4 is 5.32 Å². The summed E-state index contributed by atoms with van der Waals surface area (Å²) in [6.07, 6.45) is 5.03. The zero-order valence-corrected chi connectivity index (χ0v) is 11.6. The maximum Gasteiger partial charge on any atom is 0.0914 e. The van der Waals surface area contributed by atoms with Crippen LogP contribution >= 0.6 is 15.9 Å². The minimum absolute atomic E-state index is 0.409. The number of rotatable bonds is 7. The Kier molecular flexibility index (Phi) is 5.01. The number of hydrogen-bond donors (Lipinski definition) is 2. The number of halogens is 1. The normalized spacial score (nSPS) is 17.1. The van der Waals surface area contributed by atoms with Gasteiger partial charge in [0.1, 0.15) is 0 Å². The van der Waals surface area contributed by atoms with Crippen LogP contribution in [0.15, 0.2) is 28.7 Å². The van der Waals surface area contributed by atoms with E-state index in [1.165, 1.54) is 25.7 Å². The Morgan fingerprint density at radius 1 is 1.41 bits per heavy atom. The minimum atomic E-state index is -0.409. The Morgan fingerprint density at radius 2 is 2.24 bits per heavy atom. The van der Waals surface area contributed by atoms with Crippen LogP contribution in [0, 0.1) is 5.92 Å². The van der Waals surface area contributed by atoms with Gasteiger partial charge in [-0.15, -0.1) is 0 Å². The molecule has 1 aliphatic rings. The Balaban J connectivity index is 1.63. The Morgan fingerprint density at radius 3 is 2.94 bits per heavy atom.